The molecule has 0 radical (unpaired) electrons. The van der Waals surface area contributed by atoms with E-state index in [0.29, 0.717) is 13.1 Å². The van der Waals surface area contributed by atoms with Gasteiger partial charge in [-0.15, -0.1) is 0 Å². The summed E-state index contributed by atoms with van der Waals surface area (Å²) in [6.45, 7) is 4.25. The molecule has 1 rings (SSSR count). The standard InChI is InChI=1S/C11H15NO4S.Na/c1-3-12(4-2)17(15,16)10-7-5-9(6-8-10)11(13)14;/h5-8H,3-4H2,1-2H3,(H,13,14);/q;+1/p-1. The van der Waals surface area contributed by atoms with Crippen molar-refractivity contribution in [2.75, 3.05) is 13.1 Å². The molecule has 0 bridgehead atoms. The van der Waals surface area contributed by atoms with Gasteiger partial charge in [0.2, 0.25) is 10.0 Å². The van der Waals surface area contributed by atoms with Crippen LogP contribution in [0.5, 0.6) is 0 Å². The summed E-state index contributed by atoms with van der Waals surface area (Å²) in [5.74, 6) is -1.32. The number of aromatic carboxylic acids is 1. The maximum Gasteiger partial charge on any atom is 1.00 e. The fourth-order valence-corrected chi connectivity index (χ4v) is 2.93. The molecular formula is C11H14NNaO4S. The minimum atomic E-state index is -3.52. The second-order valence-electron chi connectivity index (χ2n) is 3.40. The molecule has 0 aromatic heterocycles. The van der Waals surface area contributed by atoms with Gasteiger partial charge in [0, 0.05) is 13.1 Å². The Hall–Kier alpha value is -0.400. The Morgan fingerprint density at radius 3 is 1.94 bits per heavy atom. The van der Waals surface area contributed by atoms with Gasteiger partial charge in [-0.25, -0.2) is 8.42 Å². The molecule has 94 valence electrons. The van der Waals surface area contributed by atoms with Crippen molar-refractivity contribution in [1.82, 2.24) is 4.31 Å². The number of sulfonamides is 1. The van der Waals surface area contributed by atoms with Gasteiger partial charge in [-0.2, -0.15) is 4.31 Å². The van der Waals surface area contributed by atoms with E-state index in [0.717, 1.165) is 0 Å². The van der Waals surface area contributed by atoms with E-state index in [1.54, 1.807) is 13.8 Å². The molecule has 1 aromatic carbocycles. The Labute approximate surface area is 129 Å². The molecule has 0 saturated heterocycles. The van der Waals surface area contributed by atoms with Crippen molar-refractivity contribution < 1.29 is 47.9 Å². The van der Waals surface area contributed by atoms with Gasteiger partial charge in [0.25, 0.3) is 0 Å². The number of nitrogens with zero attached hydrogens (tertiary/aromatic N) is 1. The number of hydrogen-bond acceptors (Lipinski definition) is 4. The van der Waals surface area contributed by atoms with Crippen LogP contribution in [0.3, 0.4) is 0 Å². The molecule has 7 heteroatoms. The van der Waals surface area contributed by atoms with E-state index >= 15 is 0 Å². The molecule has 0 amide bonds. The van der Waals surface area contributed by atoms with Crippen molar-refractivity contribution in [2.45, 2.75) is 18.7 Å². The molecule has 0 unspecified atom stereocenters. The molecule has 0 saturated carbocycles. The number of carboxylic acids is 1. The average Bonchev–Trinajstić information content (AvgIpc) is 2.30. The van der Waals surface area contributed by atoms with E-state index in [1.807, 2.05) is 0 Å². The first-order chi connectivity index (χ1) is 7.93. The number of rotatable bonds is 5. The zero-order valence-electron chi connectivity index (χ0n) is 10.7. The molecule has 0 heterocycles. The summed E-state index contributed by atoms with van der Waals surface area (Å²) in [4.78, 5) is 10.6. The molecule has 0 aliphatic rings. The number of hydrogen-bond donors (Lipinski definition) is 0. The van der Waals surface area contributed by atoms with Gasteiger partial charge in [-0.05, 0) is 17.7 Å². The van der Waals surface area contributed by atoms with Gasteiger partial charge in [-0.1, -0.05) is 26.0 Å². The van der Waals surface area contributed by atoms with Crippen LogP contribution in [0.25, 0.3) is 0 Å². The topological polar surface area (TPSA) is 77.5 Å². The van der Waals surface area contributed by atoms with Crippen molar-refractivity contribution in [3.63, 3.8) is 0 Å². The first-order valence-electron chi connectivity index (χ1n) is 5.25. The molecule has 0 aliphatic carbocycles. The van der Waals surface area contributed by atoms with Crippen LogP contribution in [0.4, 0.5) is 0 Å². The number of carbonyl (C=O) groups excluding carboxylic acids is 1. The van der Waals surface area contributed by atoms with Crippen LogP contribution in [0, 0.1) is 0 Å². The van der Waals surface area contributed by atoms with Gasteiger partial charge >= 0.3 is 29.6 Å². The van der Waals surface area contributed by atoms with Crippen LogP contribution in [0.1, 0.15) is 24.2 Å². The van der Waals surface area contributed by atoms with Crippen LogP contribution < -0.4 is 34.7 Å². The van der Waals surface area contributed by atoms with Crippen molar-refractivity contribution in [1.29, 1.82) is 0 Å². The largest absolute Gasteiger partial charge is 1.00 e. The fourth-order valence-electron chi connectivity index (χ4n) is 1.48. The molecule has 0 fully saturated rings. The maximum absolute atomic E-state index is 12.0. The van der Waals surface area contributed by atoms with Crippen molar-refractivity contribution in [3.8, 4) is 0 Å². The summed E-state index contributed by atoms with van der Waals surface area (Å²) in [6.07, 6.45) is 0. The van der Waals surface area contributed by atoms with Crippen LogP contribution in [-0.2, 0) is 10.0 Å². The van der Waals surface area contributed by atoms with Gasteiger partial charge in [0.1, 0.15) is 0 Å². The Morgan fingerprint density at radius 1 is 1.17 bits per heavy atom. The third kappa shape index (κ3) is 3.80. The van der Waals surface area contributed by atoms with E-state index in [9.17, 15) is 18.3 Å². The van der Waals surface area contributed by atoms with Crippen molar-refractivity contribution in [2.24, 2.45) is 0 Å². The zero-order valence-corrected chi connectivity index (χ0v) is 13.5. The first kappa shape index (κ1) is 17.6. The monoisotopic (exact) mass is 279 g/mol. The van der Waals surface area contributed by atoms with E-state index in [1.165, 1.54) is 28.6 Å². The fraction of sp³-hybridized carbons (Fsp3) is 0.364. The molecule has 18 heavy (non-hydrogen) atoms. The van der Waals surface area contributed by atoms with Crippen molar-refractivity contribution >= 4 is 16.0 Å². The first-order valence-corrected chi connectivity index (χ1v) is 6.69. The number of carbonyl (C=O) groups is 1. The van der Waals surface area contributed by atoms with E-state index < -0.39 is 16.0 Å². The van der Waals surface area contributed by atoms with Gasteiger partial charge in [0.15, 0.2) is 0 Å². The van der Waals surface area contributed by atoms with Gasteiger partial charge < -0.3 is 9.90 Å². The summed E-state index contributed by atoms with van der Waals surface area (Å²) >= 11 is 0. The van der Waals surface area contributed by atoms with Crippen LogP contribution in [0.2, 0.25) is 0 Å². The Kier molecular flexibility index (Phi) is 7.09. The van der Waals surface area contributed by atoms with Gasteiger partial charge in [-0.3, -0.25) is 0 Å². The third-order valence-electron chi connectivity index (χ3n) is 2.43. The zero-order chi connectivity index (χ0) is 13.1. The van der Waals surface area contributed by atoms with E-state index in [4.69, 9.17) is 0 Å². The van der Waals surface area contributed by atoms with Crippen LogP contribution in [0.15, 0.2) is 29.2 Å². The average molecular weight is 279 g/mol. The summed E-state index contributed by atoms with van der Waals surface area (Å²) in [7, 11) is -3.52. The van der Waals surface area contributed by atoms with Crippen molar-refractivity contribution in [3.05, 3.63) is 29.8 Å². The molecule has 0 N–H and O–H groups in total. The summed E-state index contributed by atoms with van der Waals surface area (Å²) in [5.41, 5.74) is -0.0384. The maximum atomic E-state index is 12.0. The molecule has 1 aromatic rings. The molecule has 5 nitrogen and oxygen atoms in total. The summed E-state index contributed by atoms with van der Waals surface area (Å²) in [5, 5.41) is 10.5. The Morgan fingerprint density at radius 2 is 1.61 bits per heavy atom. The number of carboxylic acid groups (broad SMARTS) is 1. The molecule has 0 atom stereocenters. The smallest absolute Gasteiger partial charge is 0.545 e. The predicted octanol–water partition coefficient (Wildman–Crippen LogP) is -2.92. The normalized spacial score (nSPS) is 11.1. The predicted molar refractivity (Wildman–Crippen MR) is 60.9 cm³/mol. The van der Waals surface area contributed by atoms with E-state index in [2.05, 4.69) is 0 Å². The summed E-state index contributed by atoms with van der Waals surface area (Å²) in [6, 6.07) is 5.01. The number of benzene rings is 1. The Bertz CT molecular complexity index is 494. The van der Waals surface area contributed by atoms with Gasteiger partial charge in [0.05, 0.1) is 10.9 Å². The van der Waals surface area contributed by atoms with Crippen LogP contribution >= 0.6 is 0 Å². The molecular weight excluding hydrogens is 265 g/mol. The Balaban J connectivity index is 0.00000289. The molecule has 0 aliphatic heterocycles. The minimum Gasteiger partial charge on any atom is -0.545 e. The SMILES string of the molecule is CCN(CC)S(=O)(=O)c1ccc(C(=O)[O-])cc1.[Na+]. The third-order valence-corrected chi connectivity index (χ3v) is 4.50. The molecule has 0 spiro atoms. The second kappa shape index (κ2) is 7.25. The van der Waals surface area contributed by atoms with E-state index in [-0.39, 0.29) is 40.0 Å². The summed E-state index contributed by atoms with van der Waals surface area (Å²) < 4.78 is 25.4. The van der Waals surface area contributed by atoms with Crippen LogP contribution in [-0.4, -0.2) is 31.8 Å². The minimum absolute atomic E-state index is 0. The second-order valence-corrected chi connectivity index (χ2v) is 5.34. The quantitative estimate of drug-likeness (QED) is 0.541.